The molecule has 1 saturated heterocycles. The molecule has 1 heterocycles. The molecule has 5 rings (SSSR count). The molecule has 0 bridgehead atoms. The molecule has 0 spiro atoms. The molecule has 4 aromatic carbocycles. The minimum Gasteiger partial charge on any atom is -0.457 e. The topological polar surface area (TPSA) is 87.9 Å². The second-order valence-corrected chi connectivity index (χ2v) is 9.28. The average molecular weight is 507 g/mol. The smallest absolute Gasteiger partial charge is 0.321 e. The number of carbonyl (C=O) groups is 2. The van der Waals surface area contributed by atoms with Crippen molar-refractivity contribution in [3.63, 3.8) is 0 Å². The van der Waals surface area contributed by atoms with E-state index in [-0.39, 0.29) is 6.03 Å². The van der Waals surface area contributed by atoms with Crippen LogP contribution in [0, 0.1) is 0 Å². The molecule has 0 unspecified atom stereocenters. The summed E-state index contributed by atoms with van der Waals surface area (Å²) in [5.41, 5.74) is 9.51. The number of carbonyl (C=O) groups excluding carboxylic acids is 2. The third-order valence-electron chi connectivity index (χ3n) is 6.54. The van der Waals surface area contributed by atoms with Gasteiger partial charge in [0.1, 0.15) is 11.5 Å². The minimum atomic E-state index is -0.469. The summed E-state index contributed by atoms with van der Waals surface area (Å²) in [7, 11) is 0. The van der Waals surface area contributed by atoms with Crippen LogP contribution in [-0.4, -0.2) is 47.9 Å². The van der Waals surface area contributed by atoms with Crippen LogP contribution >= 0.6 is 0 Å². The van der Waals surface area contributed by atoms with Crippen LogP contribution in [0.4, 0.5) is 10.5 Å². The zero-order valence-electron chi connectivity index (χ0n) is 21.0. The standard InChI is InChI=1S/C31H30N4O3/c32-30(36)26-10-5-8-24(20-26)25-9-6-11-27(21-25)33-31(37)35-17-15-34(16-18-35)22-23-7-4-14-29(19-23)38-28-12-2-1-3-13-28/h1-14,19-21H,15-18,22H2,(H2,32,36)(H,33,37). The lowest BCUT2D eigenvalue weighted by Crippen LogP contribution is -2.49. The molecule has 0 atom stereocenters. The van der Waals surface area contributed by atoms with Gasteiger partial charge in [-0.3, -0.25) is 9.69 Å². The lowest BCUT2D eigenvalue weighted by molar-refractivity contribution is 0.1000. The van der Waals surface area contributed by atoms with Gasteiger partial charge in [-0.15, -0.1) is 0 Å². The molecule has 1 fully saturated rings. The van der Waals surface area contributed by atoms with Crippen LogP contribution in [0.2, 0.25) is 0 Å². The fourth-order valence-electron chi connectivity index (χ4n) is 4.53. The number of piperazine rings is 1. The highest BCUT2D eigenvalue weighted by atomic mass is 16.5. The van der Waals surface area contributed by atoms with Gasteiger partial charge in [0.15, 0.2) is 0 Å². The number of primary amides is 1. The third kappa shape index (κ3) is 6.38. The van der Waals surface area contributed by atoms with Crippen molar-refractivity contribution in [3.8, 4) is 22.6 Å². The van der Waals surface area contributed by atoms with Crippen LogP contribution in [0.15, 0.2) is 103 Å². The summed E-state index contributed by atoms with van der Waals surface area (Å²) in [6.45, 7) is 3.67. The summed E-state index contributed by atoms with van der Waals surface area (Å²) in [4.78, 5) is 28.7. The first-order valence-electron chi connectivity index (χ1n) is 12.6. The van der Waals surface area contributed by atoms with Gasteiger partial charge in [0, 0.05) is 44.0 Å². The highest BCUT2D eigenvalue weighted by Gasteiger charge is 2.21. The first-order valence-corrected chi connectivity index (χ1v) is 12.6. The molecule has 1 aliphatic rings. The number of nitrogens with zero attached hydrogens (tertiary/aromatic N) is 2. The first-order chi connectivity index (χ1) is 18.5. The van der Waals surface area contributed by atoms with Crippen molar-refractivity contribution in [2.24, 2.45) is 5.73 Å². The van der Waals surface area contributed by atoms with Crippen LogP contribution in [0.1, 0.15) is 15.9 Å². The first kappa shape index (κ1) is 25.0. The van der Waals surface area contributed by atoms with E-state index < -0.39 is 5.91 Å². The third-order valence-corrected chi connectivity index (χ3v) is 6.54. The second kappa shape index (κ2) is 11.6. The molecule has 0 saturated carbocycles. The Balaban J connectivity index is 1.15. The Hall–Kier alpha value is -4.62. The van der Waals surface area contributed by atoms with Crippen molar-refractivity contribution in [1.82, 2.24) is 9.80 Å². The van der Waals surface area contributed by atoms with E-state index >= 15 is 0 Å². The van der Waals surface area contributed by atoms with Gasteiger partial charge in [-0.2, -0.15) is 0 Å². The molecule has 3 amide bonds. The molecule has 0 aliphatic carbocycles. The average Bonchev–Trinajstić information content (AvgIpc) is 2.94. The molecule has 4 aromatic rings. The maximum Gasteiger partial charge on any atom is 0.321 e. The maximum absolute atomic E-state index is 13.0. The van der Waals surface area contributed by atoms with Crippen molar-refractivity contribution in [1.29, 1.82) is 0 Å². The van der Waals surface area contributed by atoms with E-state index in [1.54, 1.807) is 18.2 Å². The van der Waals surface area contributed by atoms with Crippen molar-refractivity contribution >= 4 is 17.6 Å². The Morgan fingerprint density at radius 1 is 0.737 bits per heavy atom. The fourth-order valence-corrected chi connectivity index (χ4v) is 4.53. The van der Waals surface area contributed by atoms with Crippen LogP contribution in [0.3, 0.4) is 0 Å². The molecule has 7 nitrogen and oxygen atoms in total. The second-order valence-electron chi connectivity index (χ2n) is 9.28. The number of amides is 3. The van der Waals surface area contributed by atoms with Crippen LogP contribution in [-0.2, 0) is 6.54 Å². The van der Waals surface area contributed by atoms with Gasteiger partial charge >= 0.3 is 6.03 Å². The summed E-state index contributed by atoms with van der Waals surface area (Å²) in [6, 6.07) is 32.5. The molecule has 1 aliphatic heterocycles. The summed E-state index contributed by atoms with van der Waals surface area (Å²) >= 11 is 0. The van der Waals surface area contributed by atoms with Gasteiger partial charge in [0.25, 0.3) is 0 Å². The Labute approximate surface area is 222 Å². The van der Waals surface area contributed by atoms with E-state index in [9.17, 15) is 9.59 Å². The van der Waals surface area contributed by atoms with Crippen molar-refractivity contribution in [3.05, 3.63) is 114 Å². The Kier molecular flexibility index (Phi) is 7.66. The number of ether oxygens (including phenoxy) is 1. The largest absolute Gasteiger partial charge is 0.457 e. The van der Waals surface area contributed by atoms with Crippen molar-refractivity contribution < 1.29 is 14.3 Å². The monoisotopic (exact) mass is 506 g/mol. The molecular formula is C31H30N4O3. The molecule has 192 valence electrons. The molecule has 38 heavy (non-hydrogen) atoms. The highest BCUT2D eigenvalue weighted by molar-refractivity contribution is 5.94. The van der Waals surface area contributed by atoms with Crippen molar-refractivity contribution in [2.45, 2.75) is 6.54 Å². The summed E-state index contributed by atoms with van der Waals surface area (Å²) < 4.78 is 5.97. The van der Waals surface area contributed by atoms with Crippen LogP contribution < -0.4 is 15.8 Å². The highest BCUT2D eigenvalue weighted by Crippen LogP contribution is 2.25. The zero-order valence-corrected chi connectivity index (χ0v) is 21.0. The van der Waals surface area contributed by atoms with Gasteiger partial charge < -0.3 is 20.7 Å². The van der Waals surface area contributed by atoms with Gasteiger partial charge in [-0.25, -0.2) is 4.79 Å². The number of urea groups is 1. The van der Waals surface area contributed by atoms with E-state index in [1.165, 1.54) is 5.56 Å². The Morgan fingerprint density at radius 2 is 1.42 bits per heavy atom. The van der Waals surface area contributed by atoms with E-state index in [4.69, 9.17) is 10.5 Å². The van der Waals surface area contributed by atoms with Gasteiger partial charge in [-0.1, -0.05) is 54.6 Å². The molecular weight excluding hydrogens is 476 g/mol. The lowest BCUT2D eigenvalue weighted by atomic mass is 10.0. The number of hydrogen-bond donors (Lipinski definition) is 2. The number of rotatable bonds is 7. The van der Waals surface area contributed by atoms with Crippen LogP contribution in [0.5, 0.6) is 11.5 Å². The lowest BCUT2D eigenvalue weighted by Gasteiger charge is -2.34. The van der Waals surface area contributed by atoms with E-state index in [2.05, 4.69) is 22.3 Å². The van der Waals surface area contributed by atoms with E-state index in [0.717, 1.165) is 42.3 Å². The number of anilines is 1. The number of nitrogens with one attached hydrogen (secondary N) is 1. The summed E-state index contributed by atoms with van der Waals surface area (Å²) in [6.07, 6.45) is 0. The SMILES string of the molecule is NC(=O)c1cccc(-c2cccc(NC(=O)N3CCN(Cc4cccc(Oc5ccccc5)c4)CC3)c2)c1. The molecule has 0 aromatic heterocycles. The fraction of sp³-hybridized carbons (Fsp3) is 0.161. The Bertz CT molecular complexity index is 1420. The summed E-state index contributed by atoms with van der Waals surface area (Å²) in [5.74, 6) is 1.16. The van der Waals surface area contributed by atoms with E-state index in [1.807, 2.05) is 77.7 Å². The number of hydrogen-bond acceptors (Lipinski definition) is 4. The molecule has 3 N–H and O–H groups in total. The van der Waals surface area contributed by atoms with E-state index in [0.29, 0.717) is 24.3 Å². The molecule has 7 heteroatoms. The quantitative estimate of drug-likeness (QED) is 0.342. The predicted octanol–water partition coefficient (Wildman–Crippen LogP) is 5.59. The zero-order chi connectivity index (χ0) is 26.3. The number of para-hydroxylation sites is 1. The maximum atomic E-state index is 13.0. The predicted molar refractivity (Wildman–Crippen MR) is 149 cm³/mol. The normalized spacial score (nSPS) is 13.6. The number of nitrogens with two attached hydrogens (primary N) is 1. The van der Waals surface area contributed by atoms with Crippen LogP contribution in [0.25, 0.3) is 11.1 Å². The van der Waals surface area contributed by atoms with Crippen molar-refractivity contribution in [2.75, 3.05) is 31.5 Å². The summed E-state index contributed by atoms with van der Waals surface area (Å²) in [5, 5.41) is 3.01. The minimum absolute atomic E-state index is 0.119. The molecule has 0 radical (unpaired) electrons. The van der Waals surface area contributed by atoms with Gasteiger partial charge in [0.2, 0.25) is 5.91 Å². The van der Waals surface area contributed by atoms with Gasteiger partial charge in [0.05, 0.1) is 0 Å². The van der Waals surface area contributed by atoms with Gasteiger partial charge in [-0.05, 0) is 65.2 Å². The number of benzene rings is 4. The Morgan fingerprint density at radius 3 is 2.18 bits per heavy atom.